The first-order chi connectivity index (χ1) is 13.5. The lowest BCUT2D eigenvalue weighted by Crippen LogP contribution is -2.37. The number of methoxy groups -OCH3 is 1. The summed E-state index contributed by atoms with van der Waals surface area (Å²) in [5, 5.41) is 2.83. The van der Waals surface area contributed by atoms with E-state index >= 15 is 0 Å². The molecule has 2 aliphatic rings. The highest BCUT2D eigenvalue weighted by molar-refractivity contribution is 6.00. The molecule has 2 aromatic carbocycles. The van der Waals surface area contributed by atoms with Crippen LogP contribution in [0.25, 0.3) is 0 Å². The fourth-order valence-electron chi connectivity index (χ4n) is 3.30. The number of aryl methyl sites for hydroxylation is 1. The van der Waals surface area contributed by atoms with E-state index < -0.39 is 0 Å². The normalized spacial score (nSPS) is 15.1. The Hall–Kier alpha value is -3.42. The lowest BCUT2D eigenvalue weighted by Gasteiger charge is -2.19. The molecular formula is C20H21N3O5. The highest BCUT2D eigenvalue weighted by Crippen LogP contribution is 2.36. The molecule has 0 aromatic heterocycles. The first-order valence-corrected chi connectivity index (χ1v) is 8.96. The van der Waals surface area contributed by atoms with Crippen LogP contribution >= 0.6 is 0 Å². The molecule has 1 fully saturated rings. The van der Waals surface area contributed by atoms with E-state index in [1.165, 1.54) is 4.90 Å². The predicted molar refractivity (Wildman–Crippen MR) is 103 cm³/mol. The highest BCUT2D eigenvalue weighted by atomic mass is 16.7. The molecule has 0 unspecified atom stereocenters. The Morgan fingerprint density at radius 1 is 1.14 bits per heavy atom. The zero-order valence-corrected chi connectivity index (χ0v) is 15.7. The van der Waals surface area contributed by atoms with Crippen LogP contribution in [0.2, 0.25) is 0 Å². The number of benzene rings is 2. The largest absolute Gasteiger partial charge is 0.495 e. The maximum absolute atomic E-state index is 12.7. The highest BCUT2D eigenvalue weighted by Gasteiger charge is 2.32. The van der Waals surface area contributed by atoms with Crippen LogP contribution in [-0.4, -0.2) is 50.4 Å². The van der Waals surface area contributed by atoms with Crippen LogP contribution in [0.3, 0.4) is 0 Å². The number of anilines is 2. The van der Waals surface area contributed by atoms with E-state index in [4.69, 9.17) is 14.2 Å². The van der Waals surface area contributed by atoms with Gasteiger partial charge in [0.15, 0.2) is 11.5 Å². The third-order valence-electron chi connectivity index (χ3n) is 4.73. The molecule has 0 atom stereocenters. The van der Waals surface area contributed by atoms with Crippen molar-refractivity contribution >= 4 is 23.3 Å². The van der Waals surface area contributed by atoms with Crippen LogP contribution < -0.4 is 24.4 Å². The number of hydrogen-bond acceptors (Lipinski definition) is 5. The predicted octanol–water partition coefficient (Wildman–Crippen LogP) is 2.61. The molecule has 2 heterocycles. The van der Waals surface area contributed by atoms with Crippen molar-refractivity contribution in [3.63, 3.8) is 0 Å². The number of rotatable bonds is 5. The van der Waals surface area contributed by atoms with Crippen molar-refractivity contribution in [2.75, 3.05) is 43.8 Å². The SMILES string of the molecule is COc1ccc(C)cc1NC(=O)CN1CCN(c2ccc3c(c2)OCO3)C1=O. The van der Waals surface area contributed by atoms with E-state index in [2.05, 4.69) is 5.32 Å². The lowest BCUT2D eigenvalue weighted by atomic mass is 10.2. The molecule has 0 spiro atoms. The van der Waals surface area contributed by atoms with Gasteiger partial charge in [-0.3, -0.25) is 9.69 Å². The average Bonchev–Trinajstić information content (AvgIpc) is 3.28. The van der Waals surface area contributed by atoms with Crippen molar-refractivity contribution in [1.82, 2.24) is 4.90 Å². The molecule has 3 amide bonds. The molecule has 1 N–H and O–H groups in total. The molecule has 0 radical (unpaired) electrons. The summed E-state index contributed by atoms with van der Waals surface area (Å²) in [6.45, 7) is 3.05. The fraction of sp³-hybridized carbons (Fsp3) is 0.300. The molecule has 2 aromatic rings. The van der Waals surface area contributed by atoms with Crippen molar-refractivity contribution in [2.45, 2.75) is 6.92 Å². The molecule has 0 bridgehead atoms. The van der Waals surface area contributed by atoms with E-state index in [0.717, 1.165) is 11.3 Å². The van der Waals surface area contributed by atoms with Gasteiger partial charge in [-0.1, -0.05) is 6.07 Å². The van der Waals surface area contributed by atoms with Gasteiger partial charge in [-0.2, -0.15) is 0 Å². The van der Waals surface area contributed by atoms with E-state index in [-0.39, 0.29) is 25.3 Å². The van der Waals surface area contributed by atoms with Crippen LogP contribution in [0.4, 0.5) is 16.2 Å². The monoisotopic (exact) mass is 383 g/mol. The van der Waals surface area contributed by atoms with Gasteiger partial charge in [-0.05, 0) is 36.8 Å². The molecule has 1 saturated heterocycles. The summed E-state index contributed by atoms with van der Waals surface area (Å²) in [4.78, 5) is 28.4. The van der Waals surface area contributed by atoms with Gasteiger partial charge in [0.05, 0.1) is 12.8 Å². The summed E-state index contributed by atoms with van der Waals surface area (Å²) in [6.07, 6.45) is 0. The van der Waals surface area contributed by atoms with Gasteiger partial charge in [0.1, 0.15) is 12.3 Å². The topological polar surface area (TPSA) is 80.3 Å². The molecule has 4 rings (SSSR count). The Balaban J connectivity index is 1.42. The van der Waals surface area contributed by atoms with Crippen molar-refractivity contribution < 1.29 is 23.8 Å². The number of amides is 3. The van der Waals surface area contributed by atoms with Crippen molar-refractivity contribution in [1.29, 1.82) is 0 Å². The second kappa shape index (κ2) is 7.30. The second-order valence-electron chi connectivity index (χ2n) is 6.65. The summed E-state index contributed by atoms with van der Waals surface area (Å²) in [5.41, 5.74) is 2.31. The van der Waals surface area contributed by atoms with E-state index in [1.807, 2.05) is 25.1 Å². The molecule has 0 aliphatic carbocycles. The molecule has 2 aliphatic heterocycles. The minimum absolute atomic E-state index is 0.0308. The number of urea groups is 1. The Morgan fingerprint density at radius 3 is 2.79 bits per heavy atom. The van der Waals surface area contributed by atoms with Crippen molar-refractivity contribution in [3.05, 3.63) is 42.0 Å². The van der Waals surface area contributed by atoms with E-state index in [0.29, 0.717) is 36.0 Å². The van der Waals surface area contributed by atoms with Gasteiger partial charge in [-0.15, -0.1) is 0 Å². The summed E-state index contributed by atoms with van der Waals surface area (Å²) >= 11 is 0. The number of nitrogens with one attached hydrogen (secondary N) is 1. The van der Waals surface area contributed by atoms with Gasteiger partial charge in [0.2, 0.25) is 12.7 Å². The zero-order valence-electron chi connectivity index (χ0n) is 15.7. The number of ether oxygens (including phenoxy) is 3. The summed E-state index contributed by atoms with van der Waals surface area (Å²) in [6, 6.07) is 10.7. The Bertz CT molecular complexity index is 930. The Morgan fingerprint density at radius 2 is 1.96 bits per heavy atom. The van der Waals surface area contributed by atoms with Gasteiger partial charge in [0.25, 0.3) is 0 Å². The second-order valence-corrected chi connectivity index (χ2v) is 6.65. The van der Waals surface area contributed by atoms with Gasteiger partial charge in [0, 0.05) is 24.8 Å². The van der Waals surface area contributed by atoms with Crippen LogP contribution in [0.15, 0.2) is 36.4 Å². The van der Waals surface area contributed by atoms with Gasteiger partial charge in [-0.25, -0.2) is 4.79 Å². The zero-order chi connectivity index (χ0) is 19.7. The van der Waals surface area contributed by atoms with Gasteiger partial charge < -0.3 is 24.4 Å². The summed E-state index contributed by atoms with van der Waals surface area (Å²) in [7, 11) is 1.55. The minimum atomic E-state index is -0.273. The van der Waals surface area contributed by atoms with E-state index in [9.17, 15) is 9.59 Å². The maximum atomic E-state index is 12.7. The molecule has 8 heteroatoms. The first kappa shape index (κ1) is 18.0. The fourth-order valence-corrected chi connectivity index (χ4v) is 3.30. The molecule has 146 valence electrons. The molecule has 0 saturated carbocycles. The first-order valence-electron chi connectivity index (χ1n) is 8.96. The summed E-state index contributed by atoms with van der Waals surface area (Å²) < 4.78 is 16.0. The molecular weight excluding hydrogens is 362 g/mol. The van der Waals surface area contributed by atoms with Crippen LogP contribution in [0.5, 0.6) is 17.2 Å². The third-order valence-corrected chi connectivity index (χ3v) is 4.73. The maximum Gasteiger partial charge on any atom is 0.325 e. The minimum Gasteiger partial charge on any atom is -0.495 e. The lowest BCUT2D eigenvalue weighted by molar-refractivity contribution is -0.116. The van der Waals surface area contributed by atoms with Gasteiger partial charge >= 0.3 is 6.03 Å². The molecule has 8 nitrogen and oxygen atoms in total. The number of carbonyl (C=O) groups is 2. The quantitative estimate of drug-likeness (QED) is 0.859. The smallest absolute Gasteiger partial charge is 0.325 e. The number of hydrogen-bond donors (Lipinski definition) is 1. The Kier molecular flexibility index (Phi) is 4.68. The molecule has 28 heavy (non-hydrogen) atoms. The number of carbonyl (C=O) groups excluding carboxylic acids is 2. The van der Waals surface area contributed by atoms with Crippen LogP contribution in [0.1, 0.15) is 5.56 Å². The van der Waals surface area contributed by atoms with Crippen LogP contribution in [-0.2, 0) is 4.79 Å². The standard InChI is InChI=1S/C20H21N3O5/c1-13-3-5-16(26-2)15(9-13)21-19(24)11-22-7-8-23(20(22)25)14-4-6-17-18(10-14)28-12-27-17/h3-6,9-10H,7-8,11-12H2,1-2H3,(H,21,24). The number of nitrogens with zero attached hydrogens (tertiary/aromatic N) is 2. The van der Waals surface area contributed by atoms with E-state index in [1.54, 1.807) is 30.2 Å². The average molecular weight is 383 g/mol. The third kappa shape index (κ3) is 3.40. The van der Waals surface area contributed by atoms with Crippen molar-refractivity contribution in [2.24, 2.45) is 0 Å². The number of fused-ring (bicyclic) bond motifs is 1. The Labute approximate surface area is 162 Å². The summed E-state index contributed by atoms with van der Waals surface area (Å²) in [5.74, 6) is 1.59. The van der Waals surface area contributed by atoms with Crippen molar-refractivity contribution in [3.8, 4) is 17.2 Å². The van der Waals surface area contributed by atoms with Crippen LogP contribution in [0, 0.1) is 6.92 Å².